The first-order valence-corrected chi connectivity index (χ1v) is 6.91. The molecule has 0 radical (unpaired) electrons. The van der Waals surface area contributed by atoms with E-state index in [0.29, 0.717) is 10.9 Å². The number of amides is 1. The maximum Gasteiger partial charge on any atom is 0.241 e. The standard InChI is InChI=1S/C15H14BrFN2O/c16-11-7-4-8-12(17)14(11)19-15(20)13(18)9-10-5-2-1-3-6-10/h1-8,13H,9,18H2,(H,19,20)/t13-/m0/s1. The van der Waals surface area contributed by atoms with E-state index in [0.717, 1.165) is 5.56 Å². The van der Waals surface area contributed by atoms with E-state index in [-0.39, 0.29) is 5.69 Å². The second-order valence-corrected chi connectivity index (χ2v) is 5.24. The van der Waals surface area contributed by atoms with Gasteiger partial charge in [-0.25, -0.2) is 4.39 Å². The Morgan fingerprint density at radius 2 is 1.90 bits per heavy atom. The predicted molar refractivity (Wildman–Crippen MR) is 80.9 cm³/mol. The van der Waals surface area contributed by atoms with Gasteiger partial charge in [-0.3, -0.25) is 4.79 Å². The Hall–Kier alpha value is -1.72. The van der Waals surface area contributed by atoms with Crippen LogP contribution in [0.3, 0.4) is 0 Å². The summed E-state index contributed by atoms with van der Waals surface area (Å²) < 4.78 is 14.1. The Morgan fingerprint density at radius 1 is 1.20 bits per heavy atom. The molecule has 1 amide bonds. The number of nitrogens with two attached hydrogens (primary N) is 1. The molecule has 0 bridgehead atoms. The Balaban J connectivity index is 2.05. The molecule has 0 aliphatic rings. The van der Waals surface area contributed by atoms with Crippen LogP contribution in [0.15, 0.2) is 53.0 Å². The van der Waals surface area contributed by atoms with E-state index < -0.39 is 17.8 Å². The maximum absolute atomic E-state index is 13.6. The molecule has 3 N–H and O–H groups in total. The van der Waals surface area contributed by atoms with Crippen molar-refractivity contribution >= 4 is 27.5 Å². The molecule has 0 spiro atoms. The first-order chi connectivity index (χ1) is 9.58. The molecule has 2 rings (SSSR count). The zero-order valence-corrected chi connectivity index (χ0v) is 12.2. The molecule has 2 aromatic rings. The average Bonchev–Trinajstić information content (AvgIpc) is 2.44. The van der Waals surface area contributed by atoms with E-state index in [1.54, 1.807) is 12.1 Å². The molecule has 20 heavy (non-hydrogen) atoms. The van der Waals surface area contributed by atoms with Crippen molar-refractivity contribution in [2.24, 2.45) is 5.73 Å². The summed E-state index contributed by atoms with van der Waals surface area (Å²) in [5.41, 5.74) is 6.92. The highest BCUT2D eigenvalue weighted by Crippen LogP contribution is 2.25. The summed E-state index contributed by atoms with van der Waals surface area (Å²) in [5, 5.41) is 2.51. The SMILES string of the molecule is N[C@@H](Cc1ccccc1)C(=O)Nc1c(F)cccc1Br. The van der Waals surface area contributed by atoms with Crippen LogP contribution in [0.25, 0.3) is 0 Å². The minimum Gasteiger partial charge on any atom is -0.321 e. The van der Waals surface area contributed by atoms with Crippen LogP contribution in [0.5, 0.6) is 0 Å². The van der Waals surface area contributed by atoms with Gasteiger partial charge in [-0.15, -0.1) is 0 Å². The van der Waals surface area contributed by atoms with Crippen LogP contribution in [-0.4, -0.2) is 11.9 Å². The van der Waals surface area contributed by atoms with Crippen LogP contribution in [0, 0.1) is 5.82 Å². The minimum atomic E-state index is -0.732. The molecule has 5 heteroatoms. The van der Waals surface area contributed by atoms with Crippen molar-refractivity contribution in [1.82, 2.24) is 0 Å². The van der Waals surface area contributed by atoms with Crippen LogP contribution in [0.1, 0.15) is 5.56 Å². The van der Waals surface area contributed by atoms with Gasteiger partial charge in [0.25, 0.3) is 0 Å². The smallest absolute Gasteiger partial charge is 0.241 e. The van der Waals surface area contributed by atoms with E-state index in [4.69, 9.17) is 5.73 Å². The third-order valence-electron chi connectivity index (χ3n) is 2.85. The number of rotatable bonds is 4. The van der Waals surface area contributed by atoms with Crippen molar-refractivity contribution in [3.8, 4) is 0 Å². The Bertz CT molecular complexity index is 584. The second-order valence-electron chi connectivity index (χ2n) is 4.38. The summed E-state index contributed by atoms with van der Waals surface area (Å²) in [5.74, 6) is -0.917. The number of hydrogen-bond donors (Lipinski definition) is 2. The summed E-state index contributed by atoms with van der Waals surface area (Å²) in [6, 6.07) is 13.2. The molecule has 2 aromatic carbocycles. The summed E-state index contributed by atoms with van der Waals surface area (Å²) in [6.07, 6.45) is 0.402. The fraction of sp³-hybridized carbons (Fsp3) is 0.133. The fourth-order valence-electron chi connectivity index (χ4n) is 1.79. The third-order valence-corrected chi connectivity index (χ3v) is 3.51. The van der Waals surface area contributed by atoms with E-state index in [1.807, 2.05) is 30.3 Å². The Morgan fingerprint density at radius 3 is 2.55 bits per heavy atom. The lowest BCUT2D eigenvalue weighted by Crippen LogP contribution is -2.37. The van der Waals surface area contributed by atoms with Crippen LogP contribution >= 0.6 is 15.9 Å². The number of carbonyl (C=O) groups excluding carboxylic acids is 1. The molecule has 3 nitrogen and oxygen atoms in total. The molecule has 104 valence electrons. The van der Waals surface area contributed by atoms with Gasteiger partial charge in [0, 0.05) is 4.47 Å². The van der Waals surface area contributed by atoms with Gasteiger partial charge in [0.05, 0.1) is 11.7 Å². The molecule has 0 saturated heterocycles. The summed E-state index contributed by atoms with van der Waals surface area (Å²) in [4.78, 5) is 12.0. The van der Waals surface area contributed by atoms with Gasteiger partial charge in [-0.1, -0.05) is 36.4 Å². The number of benzene rings is 2. The van der Waals surface area contributed by atoms with Crippen molar-refractivity contribution < 1.29 is 9.18 Å². The highest BCUT2D eigenvalue weighted by Gasteiger charge is 2.17. The number of hydrogen-bond acceptors (Lipinski definition) is 2. The molecule has 1 atom stereocenters. The number of halogens is 2. The van der Waals surface area contributed by atoms with Gasteiger partial charge < -0.3 is 11.1 Å². The van der Waals surface area contributed by atoms with Crippen molar-refractivity contribution in [3.05, 3.63) is 64.4 Å². The van der Waals surface area contributed by atoms with Gasteiger partial charge in [-0.2, -0.15) is 0 Å². The molecule has 0 saturated carbocycles. The van der Waals surface area contributed by atoms with Gasteiger partial charge in [-0.05, 0) is 40.0 Å². The van der Waals surface area contributed by atoms with Gasteiger partial charge in [0.2, 0.25) is 5.91 Å². The normalized spacial score (nSPS) is 11.9. The number of anilines is 1. The van der Waals surface area contributed by atoms with Crippen LogP contribution < -0.4 is 11.1 Å². The zero-order chi connectivity index (χ0) is 14.5. The molecular formula is C15H14BrFN2O. The zero-order valence-electron chi connectivity index (χ0n) is 10.6. The topological polar surface area (TPSA) is 55.1 Å². The van der Waals surface area contributed by atoms with E-state index in [9.17, 15) is 9.18 Å². The monoisotopic (exact) mass is 336 g/mol. The summed E-state index contributed by atoms with van der Waals surface area (Å²) in [7, 11) is 0. The molecule has 0 aromatic heterocycles. The van der Waals surface area contributed by atoms with E-state index in [1.165, 1.54) is 6.07 Å². The molecule has 0 aliphatic heterocycles. The van der Waals surface area contributed by atoms with Gasteiger partial charge in [0.15, 0.2) is 0 Å². The Labute approximate surface area is 125 Å². The molecule has 0 heterocycles. The number of nitrogens with one attached hydrogen (secondary N) is 1. The van der Waals surface area contributed by atoms with Crippen LogP contribution in [0.4, 0.5) is 10.1 Å². The molecule has 0 aliphatic carbocycles. The lowest BCUT2D eigenvalue weighted by Gasteiger charge is -2.13. The quantitative estimate of drug-likeness (QED) is 0.901. The first kappa shape index (κ1) is 14.7. The highest BCUT2D eigenvalue weighted by atomic mass is 79.9. The second kappa shape index (κ2) is 6.63. The third kappa shape index (κ3) is 3.65. The minimum absolute atomic E-state index is 0.112. The Kier molecular flexibility index (Phi) is 4.87. The van der Waals surface area contributed by atoms with Crippen molar-refractivity contribution in [3.63, 3.8) is 0 Å². The first-order valence-electron chi connectivity index (χ1n) is 6.12. The molecule has 0 unspecified atom stereocenters. The van der Waals surface area contributed by atoms with Crippen LogP contribution in [-0.2, 0) is 11.2 Å². The lowest BCUT2D eigenvalue weighted by atomic mass is 10.1. The maximum atomic E-state index is 13.6. The number of carbonyl (C=O) groups is 1. The van der Waals surface area contributed by atoms with Gasteiger partial charge >= 0.3 is 0 Å². The molecule has 0 fully saturated rings. The highest BCUT2D eigenvalue weighted by molar-refractivity contribution is 9.10. The fourth-order valence-corrected chi connectivity index (χ4v) is 2.23. The van der Waals surface area contributed by atoms with E-state index >= 15 is 0 Å². The summed E-state index contributed by atoms with van der Waals surface area (Å²) in [6.45, 7) is 0. The largest absolute Gasteiger partial charge is 0.321 e. The van der Waals surface area contributed by atoms with Gasteiger partial charge in [0.1, 0.15) is 5.82 Å². The van der Waals surface area contributed by atoms with E-state index in [2.05, 4.69) is 21.2 Å². The number of para-hydroxylation sites is 1. The van der Waals surface area contributed by atoms with Crippen molar-refractivity contribution in [2.75, 3.05) is 5.32 Å². The van der Waals surface area contributed by atoms with Crippen molar-refractivity contribution in [2.45, 2.75) is 12.5 Å². The average molecular weight is 337 g/mol. The summed E-state index contributed by atoms with van der Waals surface area (Å²) >= 11 is 3.20. The predicted octanol–water partition coefficient (Wildman–Crippen LogP) is 3.10. The van der Waals surface area contributed by atoms with Crippen molar-refractivity contribution in [1.29, 1.82) is 0 Å². The molecular weight excluding hydrogens is 323 g/mol. The van der Waals surface area contributed by atoms with Crippen LogP contribution in [0.2, 0.25) is 0 Å². The lowest BCUT2D eigenvalue weighted by molar-refractivity contribution is -0.117.